The lowest BCUT2D eigenvalue weighted by atomic mass is 10.2. The molecule has 1 fully saturated rings. The van der Waals surface area contributed by atoms with Crippen molar-refractivity contribution in [3.8, 4) is 11.5 Å². The lowest BCUT2D eigenvalue weighted by molar-refractivity contribution is 0.208. The Morgan fingerprint density at radius 3 is 2.67 bits per heavy atom. The van der Waals surface area contributed by atoms with E-state index in [1.54, 1.807) is 26.5 Å². The lowest BCUT2D eigenvalue weighted by Gasteiger charge is -2.26. The minimum Gasteiger partial charge on any atom is -0.493 e. The van der Waals surface area contributed by atoms with E-state index in [1.165, 1.54) is 0 Å². The summed E-state index contributed by atoms with van der Waals surface area (Å²) in [6, 6.07) is 1.80. The third-order valence-electron chi connectivity index (χ3n) is 3.85. The molecule has 1 aliphatic rings. The van der Waals surface area contributed by atoms with Crippen molar-refractivity contribution in [2.75, 3.05) is 32.3 Å². The van der Waals surface area contributed by atoms with E-state index in [9.17, 15) is 8.42 Å². The standard InChI is InChI=1S/C14H22N2O4S/c1-4-16(11-6-8-21(17,18)10-11)9-12-14(20-3)13(19-2)5-7-15-12/h5,7,11H,4,6,8-10H2,1-3H3. The molecule has 1 aliphatic heterocycles. The fraction of sp³-hybridized carbons (Fsp3) is 0.643. The van der Waals surface area contributed by atoms with E-state index < -0.39 is 9.84 Å². The van der Waals surface area contributed by atoms with Crippen LogP contribution in [0.4, 0.5) is 0 Å². The van der Waals surface area contributed by atoms with Gasteiger partial charge in [-0.3, -0.25) is 9.88 Å². The summed E-state index contributed by atoms with van der Waals surface area (Å²) in [7, 11) is 0.279. The molecule has 1 aromatic rings. The number of pyridine rings is 1. The number of ether oxygens (including phenoxy) is 2. The van der Waals surface area contributed by atoms with E-state index in [4.69, 9.17) is 9.47 Å². The van der Waals surface area contributed by atoms with E-state index >= 15 is 0 Å². The summed E-state index contributed by atoms with van der Waals surface area (Å²) in [4.78, 5) is 6.49. The second-order valence-electron chi connectivity index (χ2n) is 5.11. The summed E-state index contributed by atoms with van der Waals surface area (Å²) < 4.78 is 34.0. The molecule has 2 heterocycles. The molecule has 6 nitrogen and oxygen atoms in total. The molecule has 0 amide bonds. The van der Waals surface area contributed by atoms with Gasteiger partial charge in [0, 0.05) is 24.8 Å². The van der Waals surface area contributed by atoms with Crippen LogP contribution >= 0.6 is 0 Å². The van der Waals surface area contributed by atoms with Crippen molar-refractivity contribution in [3.05, 3.63) is 18.0 Å². The van der Waals surface area contributed by atoms with Crippen LogP contribution in [0.25, 0.3) is 0 Å². The molecule has 118 valence electrons. The molecular weight excluding hydrogens is 292 g/mol. The maximum Gasteiger partial charge on any atom is 0.183 e. The van der Waals surface area contributed by atoms with E-state index in [0.717, 1.165) is 12.2 Å². The molecule has 1 saturated heterocycles. The van der Waals surface area contributed by atoms with Crippen molar-refractivity contribution in [3.63, 3.8) is 0 Å². The first kappa shape index (κ1) is 16.0. The van der Waals surface area contributed by atoms with Crippen LogP contribution in [-0.4, -0.2) is 56.6 Å². The Labute approximate surface area is 126 Å². The zero-order chi connectivity index (χ0) is 15.5. The van der Waals surface area contributed by atoms with Gasteiger partial charge in [-0.05, 0) is 13.0 Å². The Bertz CT molecular complexity index is 589. The number of nitrogens with zero attached hydrogens (tertiary/aromatic N) is 2. The molecule has 1 atom stereocenters. The van der Waals surface area contributed by atoms with Crippen molar-refractivity contribution in [1.82, 2.24) is 9.88 Å². The maximum absolute atomic E-state index is 11.7. The van der Waals surface area contributed by atoms with E-state index in [-0.39, 0.29) is 17.5 Å². The van der Waals surface area contributed by atoms with Crippen molar-refractivity contribution < 1.29 is 17.9 Å². The van der Waals surface area contributed by atoms with Crippen molar-refractivity contribution in [1.29, 1.82) is 0 Å². The second kappa shape index (κ2) is 6.62. The van der Waals surface area contributed by atoms with Crippen LogP contribution in [0.1, 0.15) is 19.0 Å². The molecule has 0 aromatic carbocycles. The Morgan fingerprint density at radius 2 is 2.14 bits per heavy atom. The summed E-state index contributed by atoms with van der Waals surface area (Å²) in [6.45, 7) is 3.34. The van der Waals surface area contributed by atoms with Crippen LogP contribution in [0.15, 0.2) is 12.3 Å². The molecule has 21 heavy (non-hydrogen) atoms. The van der Waals surface area contributed by atoms with Gasteiger partial charge in [-0.15, -0.1) is 0 Å². The largest absolute Gasteiger partial charge is 0.493 e. The van der Waals surface area contributed by atoms with Gasteiger partial charge in [0.2, 0.25) is 0 Å². The summed E-state index contributed by atoms with van der Waals surface area (Å²) >= 11 is 0. The minimum atomic E-state index is -2.89. The number of hydrogen-bond acceptors (Lipinski definition) is 6. The molecule has 0 aliphatic carbocycles. The van der Waals surface area contributed by atoms with Gasteiger partial charge >= 0.3 is 0 Å². The smallest absolute Gasteiger partial charge is 0.183 e. The topological polar surface area (TPSA) is 68.7 Å². The third kappa shape index (κ3) is 3.65. The quantitative estimate of drug-likeness (QED) is 0.783. The SMILES string of the molecule is CCN(Cc1nccc(OC)c1OC)C1CCS(=O)(=O)C1. The van der Waals surface area contributed by atoms with Crippen molar-refractivity contribution in [2.45, 2.75) is 25.9 Å². The highest BCUT2D eigenvalue weighted by Crippen LogP contribution is 2.30. The third-order valence-corrected chi connectivity index (χ3v) is 5.60. The van der Waals surface area contributed by atoms with Gasteiger partial charge < -0.3 is 9.47 Å². The Morgan fingerprint density at radius 1 is 1.38 bits per heavy atom. The second-order valence-corrected chi connectivity index (χ2v) is 7.34. The number of sulfone groups is 1. The molecular formula is C14H22N2O4S. The molecule has 1 unspecified atom stereocenters. The molecule has 7 heteroatoms. The zero-order valence-electron chi connectivity index (χ0n) is 12.7. The van der Waals surface area contributed by atoms with Crippen molar-refractivity contribution >= 4 is 9.84 Å². The summed E-state index contributed by atoms with van der Waals surface area (Å²) in [6.07, 6.45) is 2.36. The molecule has 2 rings (SSSR count). The maximum atomic E-state index is 11.7. The first-order valence-electron chi connectivity index (χ1n) is 7.01. The van der Waals surface area contributed by atoms with Gasteiger partial charge in [0.05, 0.1) is 25.7 Å². The Kier molecular flexibility index (Phi) is 5.05. The fourth-order valence-corrected chi connectivity index (χ4v) is 4.48. The summed E-state index contributed by atoms with van der Waals surface area (Å²) in [5.74, 6) is 1.75. The summed E-state index contributed by atoms with van der Waals surface area (Å²) in [5, 5.41) is 0. The average Bonchev–Trinajstić information content (AvgIpc) is 2.84. The first-order valence-corrected chi connectivity index (χ1v) is 8.83. The number of methoxy groups -OCH3 is 2. The number of hydrogen-bond donors (Lipinski definition) is 0. The highest BCUT2D eigenvalue weighted by molar-refractivity contribution is 7.91. The van der Waals surface area contributed by atoms with Crippen LogP contribution in [0, 0.1) is 0 Å². The highest BCUT2D eigenvalue weighted by atomic mass is 32.2. The normalized spacial score (nSPS) is 20.7. The van der Waals surface area contributed by atoms with Crippen LogP contribution < -0.4 is 9.47 Å². The van der Waals surface area contributed by atoms with E-state index in [1.807, 2.05) is 6.92 Å². The highest BCUT2D eigenvalue weighted by Gasteiger charge is 2.32. The van der Waals surface area contributed by atoms with E-state index in [0.29, 0.717) is 24.5 Å². The van der Waals surface area contributed by atoms with Gasteiger partial charge in [-0.25, -0.2) is 8.42 Å². The van der Waals surface area contributed by atoms with E-state index in [2.05, 4.69) is 9.88 Å². The van der Waals surface area contributed by atoms with Gasteiger partial charge in [0.1, 0.15) is 5.69 Å². The fourth-order valence-electron chi connectivity index (χ4n) is 2.72. The van der Waals surface area contributed by atoms with Gasteiger partial charge in [0.15, 0.2) is 21.3 Å². The molecule has 0 N–H and O–H groups in total. The van der Waals surface area contributed by atoms with Crippen molar-refractivity contribution in [2.24, 2.45) is 0 Å². The molecule has 1 aromatic heterocycles. The minimum absolute atomic E-state index is 0.0534. The van der Waals surface area contributed by atoms with Crippen LogP contribution in [0.5, 0.6) is 11.5 Å². The number of aromatic nitrogens is 1. The Hall–Kier alpha value is -1.34. The van der Waals surface area contributed by atoms with Gasteiger partial charge in [-0.2, -0.15) is 0 Å². The monoisotopic (exact) mass is 314 g/mol. The molecule has 0 bridgehead atoms. The lowest BCUT2D eigenvalue weighted by Crippen LogP contribution is -2.35. The number of rotatable bonds is 6. The zero-order valence-corrected chi connectivity index (χ0v) is 13.5. The van der Waals surface area contributed by atoms with Gasteiger partial charge in [-0.1, -0.05) is 6.92 Å². The predicted octanol–water partition coefficient (Wildman–Crippen LogP) is 1.11. The van der Waals surface area contributed by atoms with Crippen LogP contribution in [0.3, 0.4) is 0 Å². The Balaban J connectivity index is 2.19. The van der Waals surface area contributed by atoms with Crippen LogP contribution in [-0.2, 0) is 16.4 Å². The van der Waals surface area contributed by atoms with Gasteiger partial charge in [0.25, 0.3) is 0 Å². The first-order chi connectivity index (χ1) is 10.0. The summed E-state index contributed by atoms with van der Waals surface area (Å²) in [5.41, 5.74) is 0.767. The molecule has 0 saturated carbocycles. The molecule has 0 spiro atoms. The molecule has 0 radical (unpaired) electrons. The predicted molar refractivity (Wildman–Crippen MR) is 80.5 cm³/mol. The van der Waals surface area contributed by atoms with Crippen LogP contribution in [0.2, 0.25) is 0 Å². The average molecular weight is 314 g/mol.